The van der Waals surface area contributed by atoms with Crippen LogP contribution in [0.3, 0.4) is 0 Å². The molecule has 2 rings (SSSR count). The van der Waals surface area contributed by atoms with Crippen LogP contribution in [-0.4, -0.2) is 11.5 Å². The molecule has 3 heteroatoms. The van der Waals surface area contributed by atoms with Crippen molar-refractivity contribution in [2.75, 3.05) is 6.54 Å². The normalized spacial score (nSPS) is 18.5. The van der Waals surface area contributed by atoms with E-state index in [0.717, 1.165) is 16.9 Å². The molecule has 1 aliphatic rings. The lowest BCUT2D eigenvalue weighted by Crippen LogP contribution is -2.29. The molecular weight excluding hydrogens is 276 g/mol. The van der Waals surface area contributed by atoms with Crippen LogP contribution in [0.1, 0.15) is 50.8 Å². The zero-order valence-electron chi connectivity index (χ0n) is 10.5. The van der Waals surface area contributed by atoms with Crippen LogP contribution in [0.4, 0.5) is 0 Å². The quantitative estimate of drug-likeness (QED) is 0.886. The van der Waals surface area contributed by atoms with E-state index in [1.54, 1.807) is 0 Å². The highest BCUT2D eigenvalue weighted by Crippen LogP contribution is 2.37. The van der Waals surface area contributed by atoms with Crippen molar-refractivity contribution < 1.29 is 0 Å². The van der Waals surface area contributed by atoms with Crippen LogP contribution in [0.25, 0.3) is 0 Å². The molecule has 0 amide bonds. The minimum absolute atomic E-state index is 0.424. The number of pyridine rings is 1. The second-order valence-electron chi connectivity index (χ2n) is 4.85. The van der Waals surface area contributed by atoms with Gasteiger partial charge in [-0.1, -0.05) is 19.8 Å². The van der Waals surface area contributed by atoms with Crippen LogP contribution in [0.15, 0.2) is 22.8 Å². The molecule has 0 saturated heterocycles. The molecule has 1 aromatic heterocycles. The summed E-state index contributed by atoms with van der Waals surface area (Å²) in [4.78, 5) is 4.57. The van der Waals surface area contributed by atoms with Gasteiger partial charge in [-0.2, -0.15) is 0 Å². The van der Waals surface area contributed by atoms with Gasteiger partial charge >= 0.3 is 0 Å². The number of nitrogens with one attached hydrogen (secondary N) is 1. The average molecular weight is 297 g/mol. The topological polar surface area (TPSA) is 24.9 Å². The van der Waals surface area contributed by atoms with Crippen molar-refractivity contribution in [2.45, 2.75) is 45.1 Å². The minimum Gasteiger partial charge on any atom is -0.308 e. The van der Waals surface area contributed by atoms with Crippen molar-refractivity contribution in [1.82, 2.24) is 10.3 Å². The highest BCUT2D eigenvalue weighted by atomic mass is 79.9. The van der Waals surface area contributed by atoms with E-state index in [0.29, 0.717) is 6.04 Å². The van der Waals surface area contributed by atoms with Gasteiger partial charge in [0.2, 0.25) is 0 Å². The van der Waals surface area contributed by atoms with Crippen molar-refractivity contribution >= 4 is 15.9 Å². The van der Waals surface area contributed by atoms with Gasteiger partial charge in [0.05, 0.1) is 11.7 Å². The fraction of sp³-hybridized carbons (Fsp3) is 0.643. The molecule has 1 fully saturated rings. The molecule has 0 spiro atoms. The first-order valence-corrected chi connectivity index (χ1v) is 7.46. The first-order valence-electron chi connectivity index (χ1n) is 6.66. The Morgan fingerprint density at radius 1 is 1.47 bits per heavy atom. The first kappa shape index (κ1) is 13.0. The fourth-order valence-electron chi connectivity index (χ4n) is 2.70. The number of aromatic nitrogens is 1. The molecule has 1 atom stereocenters. The maximum Gasteiger partial charge on any atom is 0.0717 e. The maximum absolute atomic E-state index is 4.57. The smallest absolute Gasteiger partial charge is 0.0717 e. The molecule has 1 N–H and O–H groups in total. The Kier molecular flexibility index (Phi) is 4.99. The standard InChI is InChI=1S/C14H21BrN2/c1-2-9-16-13(11-6-3-4-7-11)14-12(15)8-5-10-17-14/h5,8,10-11,13,16H,2-4,6-7,9H2,1H3. The summed E-state index contributed by atoms with van der Waals surface area (Å²) >= 11 is 3.63. The van der Waals surface area contributed by atoms with E-state index >= 15 is 0 Å². The summed E-state index contributed by atoms with van der Waals surface area (Å²) in [5.74, 6) is 0.757. The van der Waals surface area contributed by atoms with Crippen LogP contribution in [0, 0.1) is 5.92 Å². The van der Waals surface area contributed by atoms with Gasteiger partial charge in [-0.3, -0.25) is 4.98 Å². The monoisotopic (exact) mass is 296 g/mol. The van der Waals surface area contributed by atoms with Crippen LogP contribution >= 0.6 is 15.9 Å². The second kappa shape index (κ2) is 6.50. The van der Waals surface area contributed by atoms with Gasteiger partial charge in [0.1, 0.15) is 0 Å². The third-order valence-corrected chi connectivity index (χ3v) is 4.24. The molecule has 0 bridgehead atoms. The van der Waals surface area contributed by atoms with Crippen molar-refractivity contribution in [3.63, 3.8) is 0 Å². The summed E-state index contributed by atoms with van der Waals surface area (Å²) in [5, 5.41) is 3.68. The zero-order valence-corrected chi connectivity index (χ0v) is 12.0. The minimum atomic E-state index is 0.424. The van der Waals surface area contributed by atoms with E-state index in [-0.39, 0.29) is 0 Å². The lowest BCUT2D eigenvalue weighted by molar-refractivity contribution is 0.360. The fourth-order valence-corrected chi connectivity index (χ4v) is 3.21. The van der Waals surface area contributed by atoms with Gasteiger partial charge in [-0.25, -0.2) is 0 Å². The maximum atomic E-state index is 4.57. The highest BCUT2D eigenvalue weighted by Gasteiger charge is 2.27. The number of halogens is 1. The SMILES string of the molecule is CCCNC(c1ncccc1Br)C1CCCC1. The molecular formula is C14H21BrN2. The van der Waals surface area contributed by atoms with E-state index < -0.39 is 0 Å². The van der Waals surface area contributed by atoms with E-state index in [4.69, 9.17) is 0 Å². The summed E-state index contributed by atoms with van der Waals surface area (Å²) in [6, 6.07) is 4.50. The molecule has 1 aromatic rings. The third-order valence-electron chi connectivity index (χ3n) is 3.57. The van der Waals surface area contributed by atoms with Crippen molar-refractivity contribution in [3.05, 3.63) is 28.5 Å². The second-order valence-corrected chi connectivity index (χ2v) is 5.70. The molecule has 1 aliphatic carbocycles. The first-order chi connectivity index (χ1) is 8.33. The van der Waals surface area contributed by atoms with Gasteiger partial charge in [-0.05, 0) is 59.8 Å². The summed E-state index contributed by atoms with van der Waals surface area (Å²) < 4.78 is 1.14. The van der Waals surface area contributed by atoms with Crippen molar-refractivity contribution in [3.8, 4) is 0 Å². The lowest BCUT2D eigenvalue weighted by Gasteiger charge is -2.25. The predicted octanol–water partition coefficient (Wildman–Crippen LogP) is 4.08. The molecule has 1 saturated carbocycles. The van der Waals surface area contributed by atoms with E-state index in [9.17, 15) is 0 Å². The third kappa shape index (κ3) is 3.29. The Hall–Kier alpha value is -0.410. The van der Waals surface area contributed by atoms with Crippen molar-refractivity contribution in [1.29, 1.82) is 0 Å². The number of hydrogen-bond donors (Lipinski definition) is 1. The Morgan fingerprint density at radius 3 is 2.88 bits per heavy atom. The largest absolute Gasteiger partial charge is 0.308 e. The number of nitrogens with zero attached hydrogens (tertiary/aromatic N) is 1. The molecule has 0 aromatic carbocycles. The van der Waals surface area contributed by atoms with Gasteiger partial charge in [0.25, 0.3) is 0 Å². The van der Waals surface area contributed by atoms with Gasteiger partial charge in [0, 0.05) is 10.7 Å². The van der Waals surface area contributed by atoms with Crippen molar-refractivity contribution in [2.24, 2.45) is 5.92 Å². The van der Waals surface area contributed by atoms with Gasteiger partial charge in [-0.15, -0.1) is 0 Å². The Labute approximate surface area is 112 Å². The van der Waals surface area contributed by atoms with E-state index in [2.05, 4.69) is 39.2 Å². The predicted molar refractivity (Wildman–Crippen MR) is 74.9 cm³/mol. The van der Waals surface area contributed by atoms with Crippen LogP contribution in [0.5, 0.6) is 0 Å². The molecule has 1 unspecified atom stereocenters. The van der Waals surface area contributed by atoms with Crippen LogP contribution in [-0.2, 0) is 0 Å². The lowest BCUT2D eigenvalue weighted by atomic mass is 9.94. The Balaban J connectivity index is 2.16. The summed E-state index contributed by atoms with van der Waals surface area (Å²) in [7, 11) is 0. The van der Waals surface area contributed by atoms with Crippen LogP contribution < -0.4 is 5.32 Å². The Bertz CT molecular complexity index is 348. The van der Waals surface area contributed by atoms with E-state index in [1.807, 2.05) is 12.3 Å². The molecule has 0 radical (unpaired) electrons. The molecule has 2 nitrogen and oxygen atoms in total. The van der Waals surface area contributed by atoms with Crippen LogP contribution in [0.2, 0.25) is 0 Å². The highest BCUT2D eigenvalue weighted by molar-refractivity contribution is 9.10. The average Bonchev–Trinajstić information content (AvgIpc) is 2.85. The van der Waals surface area contributed by atoms with Gasteiger partial charge in [0.15, 0.2) is 0 Å². The number of rotatable bonds is 5. The summed E-state index contributed by atoms with van der Waals surface area (Å²) in [6.45, 7) is 3.29. The molecule has 17 heavy (non-hydrogen) atoms. The summed E-state index contributed by atoms with van der Waals surface area (Å²) in [5.41, 5.74) is 1.19. The summed E-state index contributed by atoms with van der Waals surface area (Å²) in [6.07, 6.45) is 8.50. The molecule has 1 heterocycles. The number of hydrogen-bond acceptors (Lipinski definition) is 2. The van der Waals surface area contributed by atoms with Gasteiger partial charge < -0.3 is 5.32 Å². The Morgan fingerprint density at radius 2 is 2.24 bits per heavy atom. The van der Waals surface area contributed by atoms with E-state index in [1.165, 1.54) is 37.8 Å². The zero-order chi connectivity index (χ0) is 12.1. The molecule has 94 valence electrons. The molecule has 0 aliphatic heterocycles.